The molecule has 2 heterocycles. The molecule has 0 saturated carbocycles. The van der Waals surface area contributed by atoms with Crippen molar-refractivity contribution < 1.29 is 14.7 Å². The summed E-state index contributed by atoms with van der Waals surface area (Å²) in [7, 11) is 2.01. The number of thiocarbonyl (C=S) groups is 1. The number of rotatable bonds is 12. The maximum Gasteiger partial charge on any atom is 0.303 e. The number of carbonyl (C=O) groups excluding carboxylic acids is 1. The Balaban J connectivity index is 1.42. The summed E-state index contributed by atoms with van der Waals surface area (Å²) in [5, 5.41) is 9.77. The number of carboxylic acid groups (broad SMARTS) is 1. The number of amides is 1. The third-order valence-electron chi connectivity index (χ3n) is 5.61. The van der Waals surface area contributed by atoms with Gasteiger partial charge in [0.05, 0.1) is 4.91 Å². The fourth-order valence-corrected chi connectivity index (χ4v) is 5.23. The highest BCUT2D eigenvalue weighted by Gasteiger charge is 2.31. The Labute approximate surface area is 193 Å². The fourth-order valence-electron chi connectivity index (χ4n) is 3.93. The predicted octanol–water partition coefficient (Wildman–Crippen LogP) is 5.98. The third-order valence-corrected chi connectivity index (χ3v) is 6.99. The van der Waals surface area contributed by atoms with E-state index in [4.69, 9.17) is 17.3 Å². The van der Waals surface area contributed by atoms with E-state index in [9.17, 15) is 9.59 Å². The Morgan fingerprint density at radius 1 is 1.06 bits per heavy atom. The zero-order chi connectivity index (χ0) is 22.2. The van der Waals surface area contributed by atoms with Gasteiger partial charge in [-0.3, -0.25) is 14.5 Å². The summed E-state index contributed by atoms with van der Waals surface area (Å²) in [4.78, 5) is 25.8. The van der Waals surface area contributed by atoms with E-state index in [0.717, 1.165) is 67.8 Å². The zero-order valence-electron chi connectivity index (χ0n) is 18.0. The maximum absolute atomic E-state index is 12.9. The Bertz CT molecular complexity index is 980. The van der Waals surface area contributed by atoms with Crippen molar-refractivity contribution in [2.75, 3.05) is 6.54 Å². The topological polar surface area (TPSA) is 62.5 Å². The summed E-state index contributed by atoms with van der Waals surface area (Å²) < 4.78 is 2.73. The number of aryl methyl sites for hydroxylation is 1. The number of carboxylic acids is 1. The molecule has 0 unspecified atom stereocenters. The maximum atomic E-state index is 12.9. The van der Waals surface area contributed by atoms with E-state index < -0.39 is 5.97 Å². The number of nitrogens with zero attached hydrogens (tertiary/aromatic N) is 2. The van der Waals surface area contributed by atoms with Gasteiger partial charge in [-0.05, 0) is 25.0 Å². The van der Waals surface area contributed by atoms with Crippen molar-refractivity contribution in [1.29, 1.82) is 0 Å². The second kappa shape index (κ2) is 11.5. The molecule has 0 radical (unpaired) electrons. The molecule has 1 fully saturated rings. The Morgan fingerprint density at radius 2 is 1.71 bits per heavy atom. The first-order valence-electron chi connectivity index (χ1n) is 11.0. The third kappa shape index (κ3) is 6.43. The van der Waals surface area contributed by atoms with Crippen molar-refractivity contribution in [2.24, 2.45) is 7.05 Å². The van der Waals surface area contributed by atoms with Gasteiger partial charge >= 0.3 is 5.97 Å². The zero-order valence-corrected chi connectivity index (χ0v) is 19.6. The molecule has 166 valence electrons. The van der Waals surface area contributed by atoms with E-state index in [2.05, 4.69) is 22.9 Å². The average molecular weight is 459 g/mol. The molecule has 1 aliphatic heterocycles. The highest BCUT2D eigenvalue weighted by molar-refractivity contribution is 8.26. The van der Waals surface area contributed by atoms with E-state index in [1.54, 1.807) is 4.90 Å². The van der Waals surface area contributed by atoms with Gasteiger partial charge in [-0.1, -0.05) is 80.7 Å². The van der Waals surface area contributed by atoms with Gasteiger partial charge in [0.1, 0.15) is 4.32 Å². The number of fused-ring (bicyclic) bond motifs is 1. The second-order valence-electron chi connectivity index (χ2n) is 8.02. The second-order valence-corrected chi connectivity index (χ2v) is 9.69. The molecule has 0 bridgehead atoms. The van der Waals surface area contributed by atoms with Crippen LogP contribution >= 0.6 is 24.0 Å². The van der Waals surface area contributed by atoms with Crippen LogP contribution in [0.2, 0.25) is 0 Å². The van der Waals surface area contributed by atoms with Crippen LogP contribution in [0.3, 0.4) is 0 Å². The van der Waals surface area contributed by atoms with Gasteiger partial charge in [-0.15, -0.1) is 0 Å². The van der Waals surface area contributed by atoms with Crippen LogP contribution in [0.15, 0.2) is 35.4 Å². The monoisotopic (exact) mass is 458 g/mol. The largest absolute Gasteiger partial charge is 0.481 e. The van der Waals surface area contributed by atoms with E-state index in [0.29, 0.717) is 15.8 Å². The molecule has 0 atom stereocenters. The number of benzene rings is 1. The minimum atomic E-state index is -0.706. The van der Waals surface area contributed by atoms with E-state index in [-0.39, 0.29) is 12.3 Å². The predicted molar refractivity (Wildman–Crippen MR) is 132 cm³/mol. The minimum Gasteiger partial charge on any atom is -0.481 e. The number of thioether (sulfide) groups is 1. The van der Waals surface area contributed by atoms with Crippen LogP contribution in [0.4, 0.5) is 0 Å². The van der Waals surface area contributed by atoms with Gasteiger partial charge < -0.3 is 9.67 Å². The lowest BCUT2D eigenvalue weighted by atomic mass is 10.1. The lowest BCUT2D eigenvalue weighted by Gasteiger charge is -2.14. The van der Waals surface area contributed by atoms with Gasteiger partial charge in [-0.2, -0.15) is 0 Å². The van der Waals surface area contributed by atoms with Gasteiger partial charge in [0.15, 0.2) is 0 Å². The average Bonchev–Trinajstić information content (AvgIpc) is 3.20. The Hall–Kier alpha value is -2.12. The molecule has 1 aromatic carbocycles. The Kier molecular flexibility index (Phi) is 8.72. The van der Waals surface area contributed by atoms with E-state index >= 15 is 0 Å². The number of aromatic nitrogens is 1. The van der Waals surface area contributed by atoms with Crippen LogP contribution in [0, 0.1) is 0 Å². The van der Waals surface area contributed by atoms with Crippen molar-refractivity contribution >= 4 is 57.2 Å². The lowest BCUT2D eigenvalue weighted by Crippen LogP contribution is -2.29. The molecule has 2 aromatic rings. The van der Waals surface area contributed by atoms with Crippen LogP contribution in [0.1, 0.15) is 63.4 Å². The molecular weight excluding hydrogens is 428 g/mol. The number of hydrogen-bond donors (Lipinski definition) is 1. The number of unbranched alkanes of at least 4 members (excludes halogenated alkanes) is 7. The summed E-state index contributed by atoms with van der Waals surface area (Å²) in [6.07, 6.45) is 12.6. The molecule has 0 spiro atoms. The first kappa shape index (κ1) is 23.5. The van der Waals surface area contributed by atoms with Gasteiger partial charge in [0, 0.05) is 42.7 Å². The summed E-state index contributed by atoms with van der Waals surface area (Å²) in [6.45, 7) is 0.677. The normalized spacial score (nSPS) is 15.5. The molecule has 0 aliphatic carbocycles. The molecule has 1 N–H and O–H groups in total. The van der Waals surface area contributed by atoms with Crippen LogP contribution in [-0.2, 0) is 16.6 Å². The highest BCUT2D eigenvalue weighted by Crippen LogP contribution is 2.34. The van der Waals surface area contributed by atoms with Gasteiger partial charge in [0.25, 0.3) is 5.91 Å². The van der Waals surface area contributed by atoms with E-state index in [1.807, 2.05) is 25.3 Å². The first-order chi connectivity index (χ1) is 15.0. The minimum absolute atomic E-state index is 0.0152. The summed E-state index contributed by atoms with van der Waals surface area (Å²) in [6, 6.07) is 8.19. The van der Waals surface area contributed by atoms with E-state index in [1.165, 1.54) is 11.8 Å². The van der Waals surface area contributed by atoms with Crippen LogP contribution < -0.4 is 0 Å². The molecule has 31 heavy (non-hydrogen) atoms. The molecule has 1 aromatic heterocycles. The quantitative estimate of drug-likeness (QED) is 0.241. The van der Waals surface area contributed by atoms with Crippen molar-refractivity contribution in [3.63, 3.8) is 0 Å². The molecule has 3 rings (SSSR count). The van der Waals surface area contributed by atoms with Crippen LogP contribution in [-0.4, -0.2) is 37.3 Å². The smallest absolute Gasteiger partial charge is 0.303 e. The van der Waals surface area contributed by atoms with Crippen molar-refractivity contribution in [3.05, 3.63) is 40.9 Å². The van der Waals surface area contributed by atoms with Crippen LogP contribution in [0.5, 0.6) is 0 Å². The lowest BCUT2D eigenvalue weighted by molar-refractivity contribution is -0.137. The van der Waals surface area contributed by atoms with Gasteiger partial charge in [-0.25, -0.2) is 0 Å². The summed E-state index contributed by atoms with van der Waals surface area (Å²) in [5.74, 6) is -0.691. The number of hydrogen-bond acceptors (Lipinski definition) is 4. The molecule has 1 saturated heterocycles. The first-order valence-corrected chi connectivity index (χ1v) is 12.2. The van der Waals surface area contributed by atoms with Crippen molar-refractivity contribution in [1.82, 2.24) is 9.47 Å². The molecule has 5 nitrogen and oxygen atoms in total. The summed E-state index contributed by atoms with van der Waals surface area (Å²) >= 11 is 6.86. The summed E-state index contributed by atoms with van der Waals surface area (Å²) in [5.41, 5.74) is 2.19. The molecule has 1 amide bonds. The number of aliphatic carboxylic acids is 1. The van der Waals surface area contributed by atoms with Gasteiger partial charge in [0.2, 0.25) is 0 Å². The number of carbonyl (C=O) groups is 2. The Morgan fingerprint density at radius 3 is 2.42 bits per heavy atom. The van der Waals surface area contributed by atoms with Crippen LogP contribution in [0.25, 0.3) is 17.0 Å². The highest BCUT2D eigenvalue weighted by atomic mass is 32.2. The molecule has 7 heteroatoms. The standard InChI is InChI=1S/C24H30N2O3S2/c1-25-17-18(19-12-9-10-13-20(19)25)16-21-23(29)26(24(30)31-21)15-11-7-5-3-2-4-6-8-14-22(27)28/h9-10,12-13,16-17H,2-8,11,14-15H2,1H3,(H,27,28). The SMILES string of the molecule is Cn1cc(C=C2SC(=S)N(CCCCCCCCCCC(=O)O)C2=O)c2ccccc21. The molecular formula is C24H30N2O3S2. The van der Waals surface area contributed by atoms with Crippen molar-refractivity contribution in [2.45, 2.75) is 57.8 Å². The fraction of sp³-hybridized carbons (Fsp3) is 0.458. The van der Waals surface area contributed by atoms with Crippen molar-refractivity contribution in [3.8, 4) is 0 Å². The number of para-hydroxylation sites is 1. The molecule has 1 aliphatic rings.